The molecular weight excluding hydrogens is 495 g/mol. The van der Waals surface area contributed by atoms with Gasteiger partial charge in [0.2, 0.25) is 0 Å². The normalized spacial score (nSPS) is 18.9. The van der Waals surface area contributed by atoms with E-state index in [1.807, 2.05) is 4.90 Å². The number of likely N-dealkylation sites (N-methyl/N-ethyl adjacent to an activating group) is 1. The minimum Gasteiger partial charge on any atom is -0.459 e. The van der Waals surface area contributed by atoms with E-state index < -0.39 is 0 Å². The van der Waals surface area contributed by atoms with Gasteiger partial charge in [0.15, 0.2) is 11.7 Å². The number of piperazine rings is 2. The lowest BCUT2D eigenvalue weighted by Gasteiger charge is -2.36. The Morgan fingerprint density at radius 2 is 1.77 bits per heavy atom. The zero-order valence-electron chi connectivity index (χ0n) is 18.4. The summed E-state index contributed by atoms with van der Waals surface area (Å²) in [4.78, 5) is 26.3. The molecule has 0 bridgehead atoms. The molecule has 2 saturated heterocycles. The first kappa shape index (κ1) is 24.9. The number of unbranched alkanes of at least 4 members (excludes halogenated alkanes) is 1. The third kappa shape index (κ3) is 7.42. The average Bonchev–Trinajstić information content (AvgIpc) is 3.29. The highest BCUT2D eigenvalue weighted by atomic mass is 127. The molecule has 170 valence electrons. The lowest BCUT2D eigenvalue weighted by molar-refractivity contribution is 0.0657. The first-order valence-electron chi connectivity index (χ1n) is 10.9. The van der Waals surface area contributed by atoms with Crippen molar-refractivity contribution in [2.45, 2.75) is 19.8 Å². The molecule has 0 unspecified atom stereocenters. The first-order valence-corrected chi connectivity index (χ1v) is 10.9. The maximum Gasteiger partial charge on any atom is 0.289 e. The van der Waals surface area contributed by atoms with Gasteiger partial charge in [-0.15, -0.1) is 24.0 Å². The van der Waals surface area contributed by atoms with E-state index in [-0.39, 0.29) is 29.9 Å². The van der Waals surface area contributed by atoms with Crippen molar-refractivity contribution in [1.29, 1.82) is 0 Å². The van der Waals surface area contributed by atoms with E-state index in [0.29, 0.717) is 18.8 Å². The van der Waals surface area contributed by atoms with Gasteiger partial charge in [0, 0.05) is 65.4 Å². The number of nitrogens with zero attached hydrogens (tertiary/aromatic N) is 5. The number of carbonyl (C=O) groups is 1. The fourth-order valence-electron chi connectivity index (χ4n) is 3.81. The molecule has 1 aromatic rings. The molecule has 0 spiro atoms. The summed E-state index contributed by atoms with van der Waals surface area (Å²) < 4.78 is 5.24. The summed E-state index contributed by atoms with van der Waals surface area (Å²) in [6, 6.07) is 3.48. The number of furan rings is 1. The smallest absolute Gasteiger partial charge is 0.289 e. The molecule has 0 aromatic carbocycles. The molecule has 2 aliphatic heterocycles. The molecule has 3 rings (SSSR count). The van der Waals surface area contributed by atoms with Crippen molar-refractivity contribution in [3.05, 3.63) is 24.2 Å². The second kappa shape index (κ2) is 13.2. The number of rotatable bonds is 7. The summed E-state index contributed by atoms with van der Waals surface area (Å²) in [6.07, 6.45) is 3.85. The summed E-state index contributed by atoms with van der Waals surface area (Å²) in [7, 11) is 2.20. The van der Waals surface area contributed by atoms with Crippen LogP contribution in [0.25, 0.3) is 0 Å². The van der Waals surface area contributed by atoms with Gasteiger partial charge in [-0.25, -0.2) is 0 Å². The van der Waals surface area contributed by atoms with Gasteiger partial charge in [-0.3, -0.25) is 9.79 Å². The van der Waals surface area contributed by atoms with Gasteiger partial charge in [-0.1, -0.05) is 0 Å². The third-order valence-electron chi connectivity index (χ3n) is 5.67. The Bertz CT molecular complexity index is 638. The number of hydrogen-bond acceptors (Lipinski definition) is 5. The molecule has 0 radical (unpaired) electrons. The van der Waals surface area contributed by atoms with Crippen LogP contribution in [0.3, 0.4) is 0 Å². The molecule has 1 amide bonds. The van der Waals surface area contributed by atoms with Crippen LogP contribution in [0.2, 0.25) is 0 Å². The monoisotopic (exact) mass is 532 g/mol. The van der Waals surface area contributed by atoms with Crippen LogP contribution in [0, 0.1) is 0 Å². The van der Waals surface area contributed by atoms with E-state index in [4.69, 9.17) is 9.41 Å². The highest BCUT2D eigenvalue weighted by Crippen LogP contribution is 2.10. The van der Waals surface area contributed by atoms with Crippen molar-refractivity contribution < 1.29 is 9.21 Å². The van der Waals surface area contributed by atoms with Crippen LogP contribution in [-0.2, 0) is 0 Å². The Morgan fingerprint density at radius 1 is 1.07 bits per heavy atom. The largest absolute Gasteiger partial charge is 0.459 e. The molecule has 3 heterocycles. The Hall–Kier alpha value is -1.33. The van der Waals surface area contributed by atoms with Crippen LogP contribution in [0.4, 0.5) is 0 Å². The van der Waals surface area contributed by atoms with Gasteiger partial charge >= 0.3 is 0 Å². The molecule has 8 nitrogen and oxygen atoms in total. The van der Waals surface area contributed by atoms with Crippen LogP contribution in [0.1, 0.15) is 30.3 Å². The fourth-order valence-corrected chi connectivity index (χ4v) is 3.81. The maximum absolute atomic E-state index is 12.4. The van der Waals surface area contributed by atoms with Crippen molar-refractivity contribution in [2.75, 3.05) is 79.0 Å². The van der Waals surface area contributed by atoms with Crippen LogP contribution in [-0.4, -0.2) is 111 Å². The van der Waals surface area contributed by atoms with Crippen LogP contribution in [0.5, 0.6) is 0 Å². The summed E-state index contributed by atoms with van der Waals surface area (Å²) >= 11 is 0. The fraction of sp³-hybridized carbons (Fsp3) is 0.714. The first-order chi connectivity index (χ1) is 14.2. The van der Waals surface area contributed by atoms with E-state index >= 15 is 0 Å². The van der Waals surface area contributed by atoms with Crippen LogP contribution < -0.4 is 5.32 Å². The molecule has 1 N–H and O–H groups in total. The van der Waals surface area contributed by atoms with Crippen molar-refractivity contribution >= 4 is 35.8 Å². The number of amides is 1. The van der Waals surface area contributed by atoms with E-state index in [1.54, 1.807) is 18.4 Å². The second-order valence-electron chi connectivity index (χ2n) is 7.84. The minimum absolute atomic E-state index is 0. The SMILES string of the molecule is CCNC(=NCCCCN1CCN(C)CC1)N1CCN(C(=O)c2ccco2)CC1.I. The summed E-state index contributed by atoms with van der Waals surface area (Å²) in [6.45, 7) is 12.7. The van der Waals surface area contributed by atoms with Crippen molar-refractivity contribution in [3.8, 4) is 0 Å². The van der Waals surface area contributed by atoms with Gasteiger partial charge in [0.05, 0.1) is 6.26 Å². The molecule has 0 saturated carbocycles. The molecule has 2 fully saturated rings. The minimum atomic E-state index is -0.0273. The molecule has 1 aromatic heterocycles. The maximum atomic E-state index is 12.4. The summed E-state index contributed by atoms with van der Waals surface area (Å²) in [5.41, 5.74) is 0. The Kier molecular flexibility index (Phi) is 10.9. The van der Waals surface area contributed by atoms with Crippen molar-refractivity contribution in [1.82, 2.24) is 24.9 Å². The third-order valence-corrected chi connectivity index (χ3v) is 5.67. The predicted octanol–water partition coefficient (Wildman–Crippen LogP) is 1.65. The summed E-state index contributed by atoms with van der Waals surface area (Å²) in [5.74, 6) is 1.36. The lowest BCUT2D eigenvalue weighted by atomic mass is 10.2. The average molecular weight is 532 g/mol. The van der Waals surface area contributed by atoms with Gasteiger partial charge in [0.1, 0.15) is 0 Å². The number of halogens is 1. The Balaban J connectivity index is 0.00000320. The zero-order chi connectivity index (χ0) is 20.5. The quantitative estimate of drug-likeness (QED) is 0.250. The number of guanidine groups is 1. The summed E-state index contributed by atoms with van der Waals surface area (Å²) in [5, 5.41) is 3.41. The lowest BCUT2D eigenvalue weighted by Crippen LogP contribution is -2.53. The standard InChI is InChI=1S/C21H36N6O2.HI/c1-3-22-21(23-8-4-5-9-25-12-10-24(2)11-13-25)27-16-14-26(15-17-27)20(28)19-7-6-18-29-19;/h6-7,18H,3-5,8-17H2,1-2H3,(H,22,23);1H. The van der Waals surface area contributed by atoms with Gasteiger partial charge < -0.3 is 29.3 Å². The van der Waals surface area contributed by atoms with Gasteiger partial charge in [-0.05, 0) is 45.5 Å². The second-order valence-corrected chi connectivity index (χ2v) is 7.84. The molecule has 30 heavy (non-hydrogen) atoms. The van der Waals surface area contributed by atoms with E-state index in [2.05, 4.69) is 34.0 Å². The van der Waals surface area contributed by atoms with E-state index in [1.165, 1.54) is 39.1 Å². The zero-order valence-corrected chi connectivity index (χ0v) is 20.7. The Morgan fingerprint density at radius 3 is 2.40 bits per heavy atom. The highest BCUT2D eigenvalue weighted by molar-refractivity contribution is 14.0. The number of aliphatic imine (C=N–C) groups is 1. The van der Waals surface area contributed by atoms with Crippen molar-refractivity contribution in [2.24, 2.45) is 4.99 Å². The molecule has 0 aliphatic carbocycles. The van der Waals surface area contributed by atoms with Crippen molar-refractivity contribution in [3.63, 3.8) is 0 Å². The molecule has 9 heteroatoms. The van der Waals surface area contributed by atoms with Crippen LogP contribution in [0.15, 0.2) is 27.8 Å². The van der Waals surface area contributed by atoms with Gasteiger partial charge in [0.25, 0.3) is 5.91 Å². The topological polar surface area (TPSA) is 67.6 Å². The molecule has 2 aliphatic rings. The molecular formula is C21H37IN6O2. The number of nitrogens with one attached hydrogen (secondary N) is 1. The van der Waals surface area contributed by atoms with Crippen LogP contribution >= 0.6 is 24.0 Å². The number of carbonyl (C=O) groups excluding carboxylic acids is 1. The Labute approximate surface area is 197 Å². The van der Waals surface area contributed by atoms with E-state index in [0.717, 1.165) is 38.6 Å². The highest BCUT2D eigenvalue weighted by Gasteiger charge is 2.25. The van der Waals surface area contributed by atoms with E-state index in [9.17, 15) is 4.79 Å². The van der Waals surface area contributed by atoms with Gasteiger partial charge in [-0.2, -0.15) is 0 Å². The predicted molar refractivity (Wildman–Crippen MR) is 131 cm³/mol. The number of hydrogen-bond donors (Lipinski definition) is 1. The molecule has 0 atom stereocenters.